The number of rotatable bonds is 6. The zero-order chi connectivity index (χ0) is 19.3. The van der Waals surface area contributed by atoms with Crippen molar-refractivity contribution >= 4 is 17.1 Å². The van der Waals surface area contributed by atoms with Gasteiger partial charge in [-0.15, -0.1) is 0 Å². The molecule has 2 aromatic heterocycles. The second-order valence-corrected chi connectivity index (χ2v) is 6.79. The molecule has 0 aliphatic carbocycles. The molecule has 0 unspecified atom stereocenters. The second kappa shape index (κ2) is 8.09. The van der Waals surface area contributed by atoms with E-state index < -0.39 is 0 Å². The third-order valence-electron chi connectivity index (χ3n) is 4.83. The molecular formula is C24H23N3O. The molecule has 1 amide bonds. The van der Waals surface area contributed by atoms with Gasteiger partial charge >= 0.3 is 0 Å². The van der Waals surface area contributed by atoms with Gasteiger partial charge in [-0.05, 0) is 30.7 Å². The first-order valence-corrected chi connectivity index (χ1v) is 9.68. The molecule has 0 bridgehead atoms. The van der Waals surface area contributed by atoms with E-state index in [1.165, 1.54) is 0 Å². The third kappa shape index (κ3) is 3.54. The van der Waals surface area contributed by atoms with Crippen LogP contribution in [0.1, 0.15) is 30.3 Å². The predicted molar refractivity (Wildman–Crippen MR) is 114 cm³/mol. The third-order valence-corrected chi connectivity index (χ3v) is 4.83. The van der Waals surface area contributed by atoms with Gasteiger partial charge in [-0.3, -0.25) is 4.79 Å². The minimum absolute atomic E-state index is 0.0765. The number of benzene rings is 2. The Morgan fingerprint density at radius 2 is 1.68 bits per heavy atom. The van der Waals surface area contributed by atoms with Gasteiger partial charge in [-0.1, -0.05) is 61.9 Å². The fourth-order valence-corrected chi connectivity index (χ4v) is 3.37. The van der Waals surface area contributed by atoms with E-state index in [2.05, 4.69) is 6.92 Å². The van der Waals surface area contributed by atoms with Crippen LogP contribution in [0.15, 0.2) is 85.2 Å². The van der Waals surface area contributed by atoms with Crippen molar-refractivity contribution in [3.05, 3.63) is 90.9 Å². The van der Waals surface area contributed by atoms with Gasteiger partial charge in [0.05, 0.1) is 11.2 Å². The number of hydrogen-bond donors (Lipinski definition) is 0. The minimum Gasteiger partial charge on any atom is -0.319 e. The van der Waals surface area contributed by atoms with Gasteiger partial charge in [0.1, 0.15) is 5.69 Å². The molecule has 0 aliphatic rings. The molecule has 0 aliphatic heterocycles. The van der Waals surface area contributed by atoms with Crippen LogP contribution in [-0.4, -0.2) is 21.8 Å². The van der Waals surface area contributed by atoms with Gasteiger partial charge in [-0.2, -0.15) is 0 Å². The van der Waals surface area contributed by atoms with Crippen molar-refractivity contribution in [2.75, 3.05) is 11.4 Å². The maximum absolute atomic E-state index is 13.5. The van der Waals surface area contributed by atoms with Crippen LogP contribution in [0.2, 0.25) is 0 Å². The summed E-state index contributed by atoms with van der Waals surface area (Å²) in [4.78, 5) is 20.1. The van der Waals surface area contributed by atoms with Crippen LogP contribution in [-0.2, 0) is 0 Å². The van der Waals surface area contributed by atoms with E-state index in [0.717, 1.165) is 35.3 Å². The fraction of sp³-hybridized carbons (Fsp3) is 0.167. The highest BCUT2D eigenvalue weighted by molar-refractivity contribution is 6.05. The van der Waals surface area contributed by atoms with E-state index in [1.54, 1.807) is 0 Å². The summed E-state index contributed by atoms with van der Waals surface area (Å²) < 4.78 is 1.98. The molecule has 4 nitrogen and oxygen atoms in total. The molecule has 0 saturated heterocycles. The number of para-hydroxylation sites is 1. The minimum atomic E-state index is -0.0765. The van der Waals surface area contributed by atoms with Gasteiger partial charge < -0.3 is 9.30 Å². The summed E-state index contributed by atoms with van der Waals surface area (Å²) in [5, 5.41) is 0. The summed E-state index contributed by atoms with van der Waals surface area (Å²) in [6.07, 6.45) is 5.75. The summed E-state index contributed by atoms with van der Waals surface area (Å²) in [5.41, 5.74) is 4.15. The molecule has 4 heteroatoms. The Morgan fingerprint density at radius 1 is 0.964 bits per heavy atom. The number of hydrogen-bond acceptors (Lipinski definition) is 2. The van der Waals surface area contributed by atoms with Crippen LogP contribution in [0, 0.1) is 0 Å². The number of amides is 1. The lowest BCUT2D eigenvalue weighted by Crippen LogP contribution is -2.32. The molecule has 0 N–H and O–H groups in total. The summed E-state index contributed by atoms with van der Waals surface area (Å²) in [5.74, 6) is -0.0765. The molecule has 28 heavy (non-hydrogen) atoms. The first-order valence-electron chi connectivity index (χ1n) is 9.68. The zero-order valence-electron chi connectivity index (χ0n) is 16.0. The lowest BCUT2D eigenvalue weighted by molar-refractivity contribution is 0.0981. The van der Waals surface area contributed by atoms with Crippen LogP contribution in [0.5, 0.6) is 0 Å². The Labute approximate surface area is 165 Å². The molecule has 4 rings (SSSR count). The van der Waals surface area contributed by atoms with E-state index in [0.29, 0.717) is 12.2 Å². The lowest BCUT2D eigenvalue weighted by Gasteiger charge is -2.23. The van der Waals surface area contributed by atoms with Crippen molar-refractivity contribution in [2.45, 2.75) is 19.8 Å². The van der Waals surface area contributed by atoms with Crippen molar-refractivity contribution in [3.63, 3.8) is 0 Å². The van der Waals surface area contributed by atoms with Crippen LogP contribution < -0.4 is 4.90 Å². The standard InChI is InChI=1S/C24H23N3O/c1-2-3-17-27(20-13-8-5-9-14-20)24(28)21-18-26-16-10-15-22(26)23(25-21)19-11-6-4-7-12-19/h4-16,18H,2-3,17H2,1H3. The number of carbonyl (C=O) groups is 1. The van der Waals surface area contributed by atoms with Crippen molar-refractivity contribution in [1.82, 2.24) is 9.38 Å². The van der Waals surface area contributed by atoms with Gasteiger partial charge in [0.25, 0.3) is 5.91 Å². The molecule has 2 aromatic carbocycles. The number of fused-ring (bicyclic) bond motifs is 1. The molecule has 0 saturated carbocycles. The van der Waals surface area contributed by atoms with Crippen molar-refractivity contribution in [2.24, 2.45) is 0 Å². The molecule has 140 valence electrons. The second-order valence-electron chi connectivity index (χ2n) is 6.79. The molecule has 0 radical (unpaired) electrons. The van der Waals surface area contributed by atoms with Crippen molar-refractivity contribution in [3.8, 4) is 11.3 Å². The van der Waals surface area contributed by atoms with Gasteiger partial charge in [0.2, 0.25) is 0 Å². The Hall–Kier alpha value is -3.40. The van der Waals surface area contributed by atoms with E-state index in [4.69, 9.17) is 4.98 Å². The highest BCUT2D eigenvalue weighted by Gasteiger charge is 2.21. The van der Waals surface area contributed by atoms with E-state index in [9.17, 15) is 4.79 Å². The van der Waals surface area contributed by atoms with E-state index in [1.807, 2.05) is 94.5 Å². The van der Waals surface area contributed by atoms with E-state index >= 15 is 0 Å². The number of aromatic nitrogens is 2. The Bertz CT molecular complexity index is 1070. The first-order chi connectivity index (χ1) is 13.8. The zero-order valence-corrected chi connectivity index (χ0v) is 16.0. The summed E-state index contributed by atoms with van der Waals surface area (Å²) in [6.45, 7) is 2.80. The Morgan fingerprint density at radius 3 is 2.39 bits per heavy atom. The highest BCUT2D eigenvalue weighted by Crippen LogP contribution is 2.25. The monoisotopic (exact) mass is 369 g/mol. The summed E-state index contributed by atoms with van der Waals surface area (Å²) in [7, 11) is 0. The van der Waals surface area contributed by atoms with Crippen LogP contribution in [0.3, 0.4) is 0 Å². The Balaban J connectivity index is 1.80. The highest BCUT2D eigenvalue weighted by atomic mass is 16.2. The average molecular weight is 369 g/mol. The average Bonchev–Trinajstić information content (AvgIpc) is 3.23. The SMILES string of the molecule is CCCCN(C(=O)c1cn2cccc2c(-c2ccccc2)n1)c1ccccc1. The van der Waals surface area contributed by atoms with Crippen molar-refractivity contribution < 1.29 is 4.79 Å². The van der Waals surface area contributed by atoms with Crippen LogP contribution >= 0.6 is 0 Å². The number of anilines is 1. The maximum atomic E-state index is 13.5. The molecule has 2 heterocycles. The normalized spacial score (nSPS) is 10.9. The molecule has 0 fully saturated rings. The van der Waals surface area contributed by atoms with Crippen molar-refractivity contribution in [1.29, 1.82) is 0 Å². The number of unbranched alkanes of at least 4 members (excludes halogenated alkanes) is 1. The first kappa shape index (κ1) is 18.0. The summed E-state index contributed by atoms with van der Waals surface area (Å²) >= 11 is 0. The number of nitrogens with zero attached hydrogens (tertiary/aromatic N) is 3. The van der Waals surface area contributed by atoms with Gasteiger partial charge in [-0.25, -0.2) is 4.98 Å². The Kier molecular flexibility index (Phi) is 5.20. The van der Waals surface area contributed by atoms with E-state index in [-0.39, 0.29) is 5.91 Å². The topological polar surface area (TPSA) is 37.6 Å². The molecule has 0 atom stereocenters. The van der Waals surface area contributed by atoms with Crippen LogP contribution in [0.25, 0.3) is 16.8 Å². The summed E-state index contributed by atoms with van der Waals surface area (Å²) in [6, 6.07) is 23.8. The molecular weight excluding hydrogens is 346 g/mol. The largest absolute Gasteiger partial charge is 0.319 e. The molecule has 0 spiro atoms. The molecule has 4 aromatic rings. The predicted octanol–water partition coefficient (Wildman–Crippen LogP) is 5.45. The fourth-order valence-electron chi connectivity index (χ4n) is 3.37. The quantitative estimate of drug-likeness (QED) is 0.453. The number of carbonyl (C=O) groups excluding carboxylic acids is 1. The van der Waals surface area contributed by atoms with Gasteiger partial charge in [0.15, 0.2) is 0 Å². The van der Waals surface area contributed by atoms with Gasteiger partial charge in [0, 0.05) is 30.2 Å². The lowest BCUT2D eigenvalue weighted by atomic mass is 10.1. The maximum Gasteiger partial charge on any atom is 0.278 e. The smallest absolute Gasteiger partial charge is 0.278 e. The van der Waals surface area contributed by atoms with Crippen LogP contribution in [0.4, 0.5) is 5.69 Å².